The Labute approximate surface area is 115 Å². The summed E-state index contributed by atoms with van der Waals surface area (Å²) >= 11 is 1.59. The summed E-state index contributed by atoms with van der Waals surface area (Å²) in [5, 5.41) is 14.1. The van der Waals surface area contributed by atoms with Crippen molar-refractivity contribution in [3.05, 3.63) is 42.5 Å². The molecule has 3 rings (SSSR count). The molecule has 0 unspecified atom stereocenters. The molecule has 3 nitrogen and oxygen atoms in total. The molecule has 4 heteroatoms. The van der Waals surface area contributed by atoms with E-state index in [-0.39, 0.29) is 5.75 Å². The van der Waals surface area contributed by atoms with Crippen LogP contribution in [0, 0.1) is 0 Å². The van der Waals surface area contributed by atoms with E-state index in [1.54, 1.807) is 17.4 Å². The van der Waals surface area contributed by atoms with Gasteiger partial charge in [-0.2, -0.15) is 0 Å². The lowest BCUT2D eigenvalue weighted by Gasteiger charge is -2.06. The smallest absolute Gasteiger partial charge is 0.128 e. The Balaban J connectivity index is 2.11. The highest BCUT2D eigenvalue weighted by Gasteiger charge is 2.10. The summed E-state index contributed by atoms with van der Waals surface area (Å²) in [5.41, 5.74) is 2.74. The third-order valence-electron chi connectivity index (χ3n) is 2.90. The molecule has 0 aliphatic heterocycles. The molecule has 1 heterocycles. The van der Waals surface area contributed by atoms with Gasteiger partial charge in [-0.1, -0.05) is 12.1 Å². The third-order valence-corrected chi connectivity index (χ3v) is 3.97. The number of benzene rings is 2. The molecule has 0 aliphatic carbocycles. The summed E-state index contributed by atoms with van der Waals surface area (Å²) in [5.74, 6) is 0.265. The van der Waals surface area contributed by atoms with Crippen LogP contribution in [-0.2, 0) is 0 Å². The SMILES string of the molecule is CCNc1ccc(O)c(-c2nc3ccccc3s2)c1. The second-order valence-corrected chi connectivity index (χ2v) is 5.28. The first-order valence-corrected chi connectivity index (χ1v) is 7.02. The summed E-state index contributed by atoms with van der Waals surface area (Å²) in [6.45, 7) is 2.90. The van der Waals surface area contributed by atoms with Crippen molar-refractivity contribution in [2.45, 2.75) is 6.92 Å². The van der Waals surface area contributed by atoms with Gasteiger partial charge in [0.15, 0.2) is 0 Å². The molecule has 0 radical (unpaired) electrons. The van der Waals surface area contributed by atoms with Gasteiger partial charge in [0.1, 0.15) is 10.8 Å². The van der Waals surface area contributed by atoms with Crippen LogP contribution in [0.15, 0.2) is 42.5 Å². The molecule has 2 aromatic carbocycles. The van der Waals surface area contributed by atoms with Gasteiger partial charge in [0.25, 0.3) is 0 Å². The van der Waals surface area contributed by atoms with Crippen molar-refractivity contribution < 1.29 is 5.11 Å². The molecular formula is C15H14N2OS. The normalized spacial score (nSPS) is 10.8. The average Bonchev–Trinajstić information content (AvgIpc) is 2.85. The maximum Gasteiger partial charge on any atom is 0.128 e. The Morgan fingerprint density at radius 1 is 1.21 bits per heavy atom. The fraction of sp³-hybridized carbons (Fsp3) is 0.133. The van der Waals surface area contributed by atoms with E-state index in [0.29, 0.717) is 0 Å². The van der Waals surface area contributed by atoms with Gasteiger partial charge in [0.05, 0.1) is 15.8 Å². The first-order chi connectivity index (χ1) is 9.28. The maximum atomic E-state index is 10.0. The lowest BCUT2D eigenvalue weighted by molar-refractivity contribution is 0.477. The topological polar surface area (TPSA) is 45.1 Å². The van der Waals surface area contributed by atoms with Gasteiger partial charge in [0, 0.05) is 12.2 Å². The molecule has 0 saturated carbocycles. The number of para-hydroxylation sites is 1. The summed E-state index contributed by atoms with van der Waals surface area (Å²) < 4.78 is 1.13. The van der Waals surface area contributed by atoms with Crippen molar-refractivity contribution in [3.63, 3.8) is 0 Å². The van der Waals surface area contributed by atoms with Crippen LogP contribution in [0.5, 0.6) is 5.75 Å². The van der Waals surface area contributed by atoms with Crippen LogP contribution in [0.4, 0.5) is 5.69 Å². The van der Waals surface area contributed by atoms with E-state index in [1.165, 1.54) is 0 Å². The Bertz CT molecular complexity index is 688. The van der Waals surface area contributed by atoms with E-state index >= 15 is 0 Å². The molecule has 19 heavy (non-hydrogen) atoms. The van der Waals surface area contributed by atoms with Crippen molar-refractivity contribution >= 4 is 27.2 Å². The molecule has 1 aromatic heterocycles. The highest BCUT2D eigenvalue weighted by molar-refractivity contribution is 7.21. The van der Waals surface area contributed by atoms with E-state index in [1.807, 2.05) is 43.3 Å². The van der Waals surface area contributed by atoms with Gasteiger partial charge >= 0.3 is 0 Å². The minimum absolute atomic E-state index is 0.265. The van der Waals surface area contributed by atoms with E-state index in [4.69, 9.17) is 0 Å². The fourth-order valence-electron chi connectivity index (χ4n) is 2.01. The Hall–Kier alpha value is -2.07. The van der Waals surface area contributed by atoms with Crippen molar-refractivity contribution in [2.24, 2.45) is 0 Å². The Morgan fingerprint density at radius 2 is 2.05 bits per heavy atom. The van der Waals surface area contributed by atoms with Crippen LogP contribution in [0.2, 0.25) is 0 Å². The number of anilines is 1. The highest BCUT2D eigenvalue weighted by atomic mass is 32.1. The first-order valence-electron chi connectivity index (χ1n) is 6.21. The molecule has 3 aromatic rings. The minimum atomic E-state index is 0.265. The van der Waals surface area contributed by atoms with E-state index in [9.17, 15) is 5.11 Å². The number of aromatic nitrogens is 1. The quantitative estimate of drug-likeness (QED) is 0.704. The zero-order valence-corrected chi connectivity index (χ0v) is 11.4. The summed E-state index contributed by atoms with van der Waals surface area (Å²) in [6.07, 6.45) is 0. The van der Waals surface area contributed by atoms with Crippen molar-refractivity contribution in [3.8, 4) is 16.3 Å². The van der Waals surface area contributed by atoms with Gasteiger partial charge in [-0.3, -0.25) is 0 Å². The second kappa shape index (κ2) is 4.90. The largest absolute Gasteiger partial charge is 0.507 e. The van der Waals surface area contributed by atoms with Crippen LogP contribution in [0.3, 0.4) is 0 Å². The number of thiazole rings is 1. The number of nitrogens with zero attached hydrogens (tertiary/aromatic N) is 1. The average molecular weight is 270 g/mol. The molecule has 96 valence electrons. The lowest BCUT2D eigenvalue weighted by Crippen LogP contribution is -1.96. The molecule has 0 amide bonds. The van der Waals surface area contributed by atoms with Crippen molar-refractivity contribution in [1.29, 1.82) is 0 Å². The third kappa shape index (κ3) is 2.27. The van der Waals surface area contributed by atoms with E-state index in [0.717, 1.165) is 33.0 Å². The minimum Gasteiger partial charge on any atom is -0.507 e. The molecule has 0 saturated heterocycles. The first kappa shape index (κ1) is 12.0. The van der Waals surface area contributed by atoms with Gasteiger partial charge in [0.2, 0.25) is 0 Å². The molecule has 2 N–H and O–H groups in total. The van der Waals surface area contributed by atoms with Crippen molar-refractivity contribution in [2.75, 3.05) is 11.9 Å². The van der Waals surface area contributed by atoms with Crippen LogP contribution in [0.25, 0.3) is 20.8 Å². The molecule has 0 spiro atoms. The fourth-order valence-corrected chi connectivity index (χ4v) is 3.00. The van der Waals surface area contributed by atoms with Gasteiger partial charge in [-0.15, -0.1) is 11.3 Å². The maximum absolute atomic E-state index is 10.0. The van der Waals surface area contributed by atoms with E-state index < -0.39 is 0 Å². The predicted molar refractivity (Wildman–Crippen MR) is 80.9 cm³/mol. The lowest BCUT2D eigenvalue weighted by atomic mass is 10.2. The zero-order valence-electron chi connectivity index (χ0n) is 10.6. The zero-order chi connectivity index (χ0) is 13.2. The van der Waals surface area contributed by atoms with Gasteiger partial charge in [-0.25, -0.2) is 4.98 Å². The second-order valence-electron chi connectivity index (χ2n) is 4.25. The molecule has 0 fully saturated rings. The van der Waals surface area contributed by atoms with Crippen LogP contribution in [0.1, 0.15) is 6.92 Å². The number of hydrogen-bond acceptors (Lipinski definition) is 4. The molecule has 0 atom stereocenters. The van der Waals surface area contributed by atoms with Crippen LogP contribution >= 0.6 is 11.3 Å². The number of phenols is 1. The Morgan fingerprint density at radius 3 is 2.84 bits per heavy atom. The molecule has 0 bridgehead atoms. The number of fused-ring (bicyclic) bond motifs is 1. The summed E-state index contributed by atoms with van der Waals surface area (Å²) in [4.78, 5) is 4.58. The number of rotatable bonds is 3. The predicted octanol–water partition coefficient (Wildman–Crippen LogP) is 4.10. The monoisotopic (exact) mass is 270 g/mol. The van der Waals surface area contributed by atoms with Crippen LogP contribution in [-0.4, -0.2) is 16.6 Å². The number of aromatic hydroxyl groups is 1. The van der Waals surface area contributed by atoms with E-state index in [2.05, 4.69) is 10.3 Å². The summed E-state index contributed by atoms with van der Waals surface area (Å²) in [6, 6.07) is 13.5. The summed E-state index contributed by atoms with van der Waals surface area (Å²) in [7, 11) is 0. The number of phenolic OH excluding ortho intramolecular Hbond substituents is 1. The van der Waals surface area contributed by atoms with Gasteiger partial charge in [-0.05, 0) is 37.3 Å². The van der Waals surface area contributed by atoms with Crippen LogP contribution < -0.4 is 5.32 Å². The Kier molecular flexibility index (Phi) is 3.09. The van der Waals surface area contributed by atoms with Crippen molar-refractivity contribution in [1.82, 2.24) is 4.98 Å². The highest BCUT2D eigenvalue weighted by Crippen LogP contribution is 2.36. The number of hydrogen-bond donors (Lipinski definition) is 2. The molecular weight excluding hydrogens is 256 g/mol. The standard InChI is InChI=1S/C15H14N2OS/c1-2-16-10-7-8-13(18)11(9-10)15-17-12-5-3-4-6-14(12)19-15/h3-9,16,18H,2H2,1H3. The molecule has 0 aliphatic rings. The van der Waals surface area contributed by atoms with Gasteiger partial charge < -0.3 is 10.4 Å². The number of nitrogens with one attached hydrogen (secondary N) is 1.